The molecule has 108 valence electrons. The molecule has 2 N–H and O–H groups in total. The van der Waals surface area contributed by atoms with Crippen molar-refractivity contribution in [2.45, 2.75) is 32.9 Å². The van der Waals surface area contributed by atoms with Crippen LogP contribution in [0, 0.1) is 11.3 Å². The van der Waals surface area contributed by atoms with E-state index in [1.54, 1.807) is 0 Å². The van der Waals surface area contributed by atoms with E-state index in [0.29, 0.717) is 12.6 Å². The maximum atomic E-state index is 9.34. The molecule has 4 nitrogen and oxygen atoms in total. The summed E-state index contributed by atoms with van der Waals surface area (Å²) in [6.45, 7) is 9.12. The summed E-state index contributed by atoms with van der Waals surface area (Å²) < 4.78 is 0. The van der Waals surface area contributed by atoms with Crippen molar-refractivity contribution in [2.75, 3.05) is 31.1 Å². The summed E-state index contributed by atoms with van der Waals surface area (Å²) in [7, 11) is 0. The van der Waals surface area contributed by atoms with Crippen molar-refractivity contribution in [2.24, 2.45) is 5.73 Å². The molecule has 0 bridgehead atoms. The fourth-order valence-electron chi connectivity index (χ4n) is 3.07. The number of nitrogens with two attached hydrogens (primary N) is 1. The molecule has 0 radical (unpaired) electrons. The third-order valence-electron chi connectivity index (χ3n) is 4.25. The third-order valence-corrected chi connectivity index (χ3v) is 4.25. The minimum absolute atomic E-state index is 0.483. The van der Waals surface area contributed by atoms with Gasteiger partial charge in [-0.2, -0.15) is 5.26 Å². The van der Waals surface area contributed by atoms with Crippen LogP contribution in [0.3, 0.4) is 0 Å². The second kappa shape index (κ2) is 6.74. The zero-order valence-corrected chi connectivity index (χ0v) is 12.5. The van der Waals surface area contributed by atoms with Gasteiger partial charge in [-0.1, -0.05) is 19.9 Å². The first-order valence-electron chi connectivity index (χ1n) is 7.45. The monoisotopic (exact) mass is 272 g/mol. The highest BCUT2D eigenvalue weighted by molar-refractivity contribution is 5.61. The van der Waals surface area contributed by atoms with E-state index in [-0.39, 0.29) is 0 Å². The molecule has 1 aromatic carbocycles. The van der Waals surface area contributed by atoms with Gasteiger partial charge >= 0.3 is 0 Å². The van der Waals surface area contributed by atoms with Crippen molar-refractivity contribution >= 4 is 5.69 Å². The van der Waals surface area contributed by atoms with Gasteiger partial charge in [0.15, 0.2) is 0 Å². The van der Waals surface area contributed by atoms with Crippen LogP contribution in [0.4, 0.5) is 5.69 Å². The van der Waals surface area contributed by atoms with Gasteiger partial charge in [0, 0.05) is 25.7 Å². The number of likely N-dealkylation sites (N-methyl/N-ethyl adjacent to an activating group) is 1. The van der Waals surface area contributed by atoms with Gasteiger partial charge in [0.2, 0.25) is 0 Å². The third kappa shape index (κ3) is 2.95. The van der Waals surface area contributed by atoms with Crippen LogP contribution in [0.15, 0.2) is 18.2 Å². The molecule has 0 spiro atoms. The van der Waals surface area contributed by atoms with Crippen molar-refractivity contribution in [3.05, 3.63) is 29.3 Å². The highest BCUT2D eigenvalue weighted by atomic mass is 15.2. The molecule has 0 aromatic heterocycles. The molecule has 1 aliphatic heterocycles. The summed E-state index contributed by atoms with van der Waals surface area (Å²) in [6.07, 6.45) is 1.17. The molecule has 20 heavy (non-hydrogen) atoms. The fourth-order valence-corrected chi connectivity index (χ4v) is 3.07. The molecule has 1 aliphatic rings. The van der Waals surface area contributed by atoms with Crippen LogP contribution in [-0.4, -0.2) is 37.1 Å². The normalized spacial score (nSPS) is 18.6. The van der Waals surface area contributed by atoms with Crippen LogP contribution in [0.5, 0.6) is 0 Å². The van der Waals surface area contributed by atoms with Crippen molar-refractivity contribution in [3.63, 3.8) is 0 Å². The zero-order valence-electron chi connectivity index (χ0n) is 12.5. The summed E-state index contributed by atoms with van der Waals surface area (Å²) in [5, 5.41) is 9.34. The van der Waals surface area contributed by atoms with Gasteiger partial charge in [0.05, 0.1) is 11.3 Å². The predicted octanol–water partition coefficient (Wildman–Crippen LogP) is 1.94. The molecule has 1 aromatic rings. The summed E-state index contributed by atoms with van der Waals surface area (Å²) in [5.74, 6) is 0. The van der Waals surface area contributed by atoms with Gasteiger partial charge in [0.1, 0.15) is 6.07 Å². The highest BCUT2D eigenvalue weighted by Gasteiger charge is 2.27. The Morgan fingerprint density at radius 3 is 2.75 bits per heavy atom. The maximum absolute atomic E-state index is 9.34. The Labute approximate surface area is 121 Å². The van der Waals surface area contributed by atoms with Crippen molar-refractivity contribution in [1.29, 1.82) is 5.26 Å². The van der Waals surface area contributed by atoms with E-state index in [1.807, 2.05) is 18.2 Å². The van der Waals surface area contributed by atoms with E-state index in [2.05, 4.69) is 29.7 Å². The molecule has 4 heteroatoms. The Balaban J connectivity index is 2.16. The van der Waals surface area contributed by atoms with Gasteiger partial charge in [-0.15, -0.1) is 0 Å². The number of anilines is 1. The highest BCUT2D eigenvalue weighted by Crippen LogP contribution is 2.27. The minimum Gasteiger partial charge on any atom is -0.369 e. The van der Waals surface area contributed by atoms with Gasteiger partial charge in [-0.05, 0) is 37.2 Å². The summed E-state index contributed by atoms with van der Waals surface area (Å²) in [5.41, 5.74) is 8.46. The molecular formula is C16H24N4. The number of hydrogen-bond donors (Lipinski definition) is 1. The lowest BCUT2D eigenvalue weighted by Gasteiger charge is -2.27. The summed E-state index contributed by atoms with van der Waals surface area (Å²) in [4.78, 5) is 4.84. The molecule has 1 fully saturated rings. The Morgan fingerprint density at radius 1 is 1.40 bits per heavy atom. The smallest absolute Gasteiger partial charge is 0.101 e. The van der Waals surface area contributed by atoms with Gasteiger partial charge < -0.3 is 10.6 Å². The van der Waals surface area contributed by atoms with Gasteiger partial charge in [-0.25, -0.2) is 0 Å². The second-order valence-electron chi connectivity index (χ2n) is 5.28. The number of rotatable bonds is 5. The Bertz CT molecular complexity index is 488. The summed E-state index contributed by atoms with van der Waals surface area (Å²) in [6, 6.07) is 8.90. The fraction of sp³-hybridized carbons (Fsp3) is 0.562. The van der Waals surface area contributed by atoms with Crippen LogP contribution in [0.25, 0.3) is 0 Å². The van der Waals surface area contributed by atoms with Gasteiger partial charge in [0.25, 0.3) is 0 Å². The second-order valence-corrected chi connectivity index (χ2v) is 5.28. The SMILES string of the molecule is CCN(CC)C1CCN(c2ccc(CN)cc2C#N)C1. The largest absolute Gasteiger partial charge is 0.369 e. The lowest BCUT2D eigenvalue weighted by atomic mass is 10.1. The first-order chi connectivity index (χ1) is 9.73. The van der Waals surface area contributed by atoms with Gasteiger partial charge in [-0.3, -0.25) is 4.90 Å². The van der Waals surface area contributed by atoms with Crippen molar-refractivity contribution in [1.82, 2.24) is 4.90 Å². The molecule has 1 unspecified atom stereocenters. The van der Waals surface area contributed by atoms with Crippen LogP contribution in [0.1, 0.15) is 31.4 Å². The predicted molar refractivity (Wildman–Crippen MR) is 82.6 cm³/mol. The number of hydrogen-bond acceptors (Lipinski definition) is 4. The molecule has 1 saturated heterocycles. The van der Waals surface area contributed by atoms with Crippen LogP contribution in [-0.2, 0) is 6.54 Å². The number of benzene rings is 1. The Morgan fingerprint density at radius 2 is 2.15 bits per heavy atom. The average Bonchev–Trinajstić information content (AvgIpc) is 2.97. The van der Waals surface area contributed by atoms with E-state index < -0.39 is 0 Å². The Kier molecular flexibility index (Phi) is 4.99. The molecule has 1 atom stereocenters. The Hall–Kier alpha value is -1.57. The topological polar surface area (TPSA) is 56.3 Å². The lowest BCUT2D eigenvalue weighted by molar-refractivity contribution is 0.232. The molecule has 2 rings (SSSR count). The number of nitriles is 1. The maximum Gasteiger partial charge on any atom is 0.101 e. The first kappa shape index (κ1) is 14.8. The lowest BCUT2D eigenvalue weighted by Crippen LogP contribution is -2.37. The van der Waals surface area contributed by atoms with E-state index in [4.69, 9.17) is 5.73 Å². The molecule has 1 heterocycles. The number of nitrogens with zero attached hydrogens (tertiary/aromatic N) is 3. The standard InChI is InChI=1S/C16H24N4/c1-3-19(4-2)15-7-8-20(12-15)16-6-5-13(10-17)9-14(16)11-18/h5-6,9,15H,3-4,7-8,10,12,17H2,1-2H3. The molecule has 0 amide bonds. The van der Waals surface area contributed by atoms with Crippen LogP contribution >= 0.6 is 0 Å². The van der Waals surface area contributed by atoms with Crippen LogP contribution in [0.2, 0.25) is 0 Å². The molecular weight excluding hydrogens is 248 g/mol. The first-order valence-corrected chi connectivity index (χ1v) is 7.45. The van der Waals surface area contributed by atoms with Crippen molar-refractivity contribution < 1.29 is 0 Å². The quantitative estimate of drug-likeness (QED) is 0.890. The molecule has 0 saturated carbocycles. The van der Waals surface area contributed by atoms with E-state index in [9.17, 15) is 5.26 Å². The molecule has 0 aliphatic carbocycles. The van der Waals surface area contributed by atoms with E-state index >= 15 is 0 Å². The average molecular weight is 272 g/mol. The van der Waals surface area contributed by atoms with Crippen molar-refractivity contribution in [3.8, 4) is 6.07 Å². The van der Waals surface area contributed by atoms with Crippen LogP contribution < -0.4 is 10.6 Å². The van der Waals surface area contributed by atoms with E-state index in [1.165, 1.54) is 6.42 Å². The minimum atomic E-state index is 0.483. The van der Waals surface area contributed by atoms with E-state index in [0.717, 1.165) is 43.0 Å². The zero-order chi connectivity index (χ0) is 14.5. The summed E-state index contributed by atoms with van der Waals surface area (Å²) >= 11 is 0.